The fourth-order valence-corrected chi connectivity index (χ4v) is 2.51. The van der Waals surface area contributed by atoms with Crippen LogP contribution in [0.1, 0.15) is 5.56 Å². The number of nitrogens with zero attached hydrogens (tertiary/aromatic N) is 1. The molecule has 1 amide bonds. The van der Waals surface area contributed by atoms with Gasteiger partial charge in [0.1, 0.15) is 5.71 Å². The molecule has 1 heterocycles. The summed E-state index contributed by atoms with van der Waals surface area (Å²) < 4.78 is 1.90. The highest BCUT2D eigenvalue weighted by molar-refractivity contribution is 9.10. The van der Waals surface area contributed by atoms with Gasteiger partial charge in [0.15, 0.2) is 0 Å². The quantitative estimate of drug-likeness (QED) is 0.789. The van der Waals surface area contributed by atoms with Crippen LogP contribution in [0.5, 0.6) is 0 Å². The highest BCUT2D eigenvalue weighted by Crippen LogP contribution is 2.28. The van der Waals surface area contributed by atoms with Crippen molar-refractivity contribution in [2.24, 2.45) is 4.99 Å². The third kappa shape index (κ3) is 2.48. The van der Waals surface area contributed by atoms with E-state index in [1.807, 2.05) is 42.5 Å². The first-order valence-electron chi connectivity index (χ1n) is 5.59. The molecule has 0 spiro atoms. The van der Waals surface area contributed by atoms with Crippen LogP contribution in [0.2, 0.25) is 0 Å². The van der Waals surface area contributed by atoms with Gasteiger partial charge in [0.25, 0.3) is 5.91 Å². The minimum absolute atomic E-state index is 0.170. The zero-order valence-corrected chi connectivity index (χ0v) is 12.8. The summed E-state index contributed by atoms with van der Waals surface area (Å²) in [5, 5.41) is 2.81. The predicted molar refractivity (Wildman–Crippen MR) is 83.1 cm³/mol. The molecule has 0 unspecified atom stereocenters. The number of carbonyl (C=O) groups is 1. The molecule has 94 valence electrons. The van der Waals surface area contributed by atoms with Crippen LogP contribution in [0.15, 0.2) is 56.4 Å². The van der Waals surface area contributed by atoms with Gasteiger partial charge in [-0.15, -0.1) is 0 Å². The lowest BCUT2D eigenvalue weighted by atomic mass is 10.1. The van der Waals surface area contributed by atoms with Crippen molar-refractivity contribution in [2.45, 2.75) is 0 Å². The van der Waals surface area contributed by atoms with Crippen LogP contribution < -0.4 is 5.32 Å². The number of rotatable bonds is 1. The SMILES string of the molecule is O=C1Nc2ccc(Br)cc2C1=Nc1ccc(Br)cc1. The molecule has 0 aliphatic carbocycles. The van der Waals surface area contributed by atoms with Crippen molar-refractivity contribution in [3.8, 4) is 0 Å². The number of amides is 1. The van der Waals surface area contributed by atoms with Crippen molar-refractivity contribution in [2.75, 3.05) is 5.32 Å². The van der Waals surface area contributed by atoms with Crippen LogP contribution in [-0.2, 0) is 4.79 Å². The summed E-state index contributed by atoms with van der Waals surface area (Å²) in [4.78, 5) is 16.4. The molecule has 3 nitrogen and oxygen atoms in total. The van der Waals surface area contributed by atoms with Gasteiger partial charge in [0, 0.05) is 14.5 Å². The third-order valence-electron chi connectivity index (χ3n) is 2.77. The van der Waals surface area contributed by atoms with Crippen LogP contribution in [0.4, 0.5) is 11.4 Å². The molecule has 2 aromatic carbocycles. The zero-order chi connectivity index (χ0) is 13.4. The van der Waals surface area contributed by atoms with Crippen molar-refractivity contribution in [3.63, 3.8) is 0 Å². The van der Waals surface area contributed by atoms with Gasteiger partial charge in [0.2, 0.25) is 0 Å². The van der Waals surface area contributed by atoms with E-state index in [0.29, 0.717) is 5.71 Å². The standard InChI is InChI=1S/C14H8Br2N2O/c15-8-1-4-10(5-2-8)17-13-11-7-9(16)3-6-12(11)18-14(13)19/h1-7H,(H,17,18,19). The average molecular weight is 380 g/mol. The fourth-order valence-electron chi connectivity index (χ4n) is 1.88. The maximum absolute atomic E-state index is 11.9. The second-order valence-corrected chi connectivity index (χ2v) is 5.91. The number of hydrogen-bond donors (Lipinski definition) is 1. The molecule has 0 fully saturated rings. The summed E-state index contributed by atoms with van der Waals surface area (Å²) >= 11 is 6.78. The Morgan fingerprint density at radius 2 is 1.63 bits per heavy atom. The number of aliphatic imine (C=N–C) groups is 1. The van der Waals surface area contributed by atoms with E-state index in [1.54, 1.807) is 0 Å². The number of halogens is 2. The minimum atomic E-state index is -0.170. The summed E-state index contributed by atoms with van der Waals surface area (Å²) in [5.74, 6) is -0.170. The first kappa shape index (κ1) is 12.6. The molecule has 1 aliphatic rings. The monoisotopic (exact) mass is 378 g/mol. The summed E-state index contributed by atoms with van der Waals surface area (Å²) in [5.41, 5.74) is 2.81. The molecule has 2 aromatic rings. The summed E-state index contributed by atoms with van der Waals surface area (Å²) in [6.07, 6.45) is 0. The van der Waals surface area contributed by atoms with E-state index < -0.39 is 0 Å². The number of hydrogen-bond acceptors (Lipinski definition) is 2. The third-order valence-corrected chi connectivity index (χ3v) is 3.79. The van der Waals surface area contributed by atoms with E-state index in [-0.39, 0.29) is 5.91 Å². The lowest BCUT2D eigenvalue weighted by Gasteiger charge is -1.99. The highest BCUT2D eigenvalue weighted by atomic mass is 79.9. The summed E-state index contributed by atoms with van der Waals surface area (Å²) in [6.45, 7) is 0. The molecule has 0 saturated heterocycles. The molecular formula is C14H8Br2N2O. The van der Waals surface area contributed by atoms with Gasteiger partial charge in [-0.1, -0.05) is 31.9 Å². The first-order chi connectivity index (χ1) is 9.13. The van der Waals surface area contributed by atoms with Gasteiger partial charge in [-0.2, -0.15) is 0 Å². The zero-order valence-electron chi connectivity index (χ0n) is 9.65. The van der Waals surface area contributed by atoms with Gasteiger partial charge in [-0.3, -0.25) is 4.79 Å². The van der Waals surface area contributed by atoms with E-state index >= 15 is 0 Å². The maximum atomic E-state index is 11.9. The maximum Gasteiger partial charge on any atom is 0.275 e. The topological polar surface area (TPSA) is 41.5 Å². The molecule has 0 atom stereocenters. The normalized spacial score (nSPS) is 15.5. The first-order valence-corrected chi connectivity index (χ1v) is 7.17. The second kappa shape index (κ2) is 4.90. The second-order valence-electron chi connectivity index (χ2n) is 4.08. The Balaban J connectivity index is 2.08. The van der Waals surface area contributed by atoms with E-state index in [2.05, 4.69) is 42.2 Å². The molecule has 1 aliphatic heterocycles. The number of nitrogens with one attached hydrogen (secondary N) is 1. The molecular weight excluding hydrogens is 372 g/mol. The van der Waals surface area contributed by atoms with E-state index in [9.17, 15) is 4.79 Å². The van der Waals surface area contributed by atoms with Crippen molar-refractivity contribution in [1.82, 2.24) is 0 Å². The van der Waals surface area contributed by atoms with Crippen LogP contribution in [0.3, 0.4) is 0 Å². The number of carbonyl (C=O) groups excluding carboxylic acids is 1. The van der Waals surface area contributed by atoms with Gasteiger partial charge in [0.05, 0.1) is 11.4 Å². The van der Waals surface area contributed by atoms with E-state index in [1.165, 1.54) is 0 Å². The minimum Gasteiger partial charge on any atom is -0.320 e. The van der Waals surface area contributed by atoms with Crippen molar-refractivity contribution in [3.05, 3.63) is 57.0 Å². The molecule has 19 heavy (non-hydrogen) atoms. The average Bonchev–Trinajstić information content (AvgIpc) is 2.69. The Bertz CT molecular complexity index is 693. The van der Waals surface area contributed by atoms with Crippen LogP contribution in [0, 0.1) is 0 Å². The Morgan fingerprint density at radius 3 is 2.37 bits per heavy atom. The summed E-state index contributed by atoms with van der Waals surface area (Å²) in [7, 11) is 0. The lowest BCUT2D eigenvalue weighted by Crippen LogP contribution is -2.13. The van der Waals surface area contributed by atoms with Crippen molar-refractivity contribution in [1.29, 1.82) is 0 Å². The van der Waals surface area contributed by atoms with Crippen LogP contribution in [0.25, 0.3) is 0 Å². The molecule has 0 radical (unpaired) electrons. The Labute approximate surface area is 127 Å². The van der Waals surface area contributed by atoms with Gasteiger partial charge in [-0.25, -0.2) is 4.99 Å². The van der Waals surface area contributed by atoms with Gasteiger partial charge >= 0.3 is 0 Å². The highest BCUT2D eigenvalue weighted by Gasteiger charge is 2.25. The lowest BCUT2D eigenvalue weighted by molar-refractivity contribution is -0.110. The Morgan fingerprint density at radius 1 is 0.947 bits per heavy atom. The predicted octanol–water partition coefficient (Wildman–Crippen LogP) is 4.28. The Hall–Kier alpha value is -1.46. The molecule has 0 bridgehead atoms. The molecule has 1 N–H and O–H groups in total. The molecule has 0 aromatic heterocycles. The van der Waals surface area contributed by atoms with Gasteiger partial charge in [-0.05, 0) is 42.5 Å². The van der Waals surface area contributed by atoms with Crippen molar-refractivity contribution >= 4 is 54.9 Å². The van der Waals surface area contributed by atoms with Crippen LogP contribution in [-0.4, -0.2) is 11.6 Å². The molecule has 3 rings (SSSR count). The van der Waals surface area contributed by atoms with Crippen molar-refractivity contribution < 1.29 is 4.79 Å². The smallest absolute Gasteiger partial charge is 0.275 e. The largest absolute Gasteiger partial charge is 0.320 e. The van der Waals surface area contributed by atoms with Crippen LogP contribution >= 0.6 is 31.9 Å². The number of anilines is 1. The van der Waals surface area contributed by atoms with Gasteiger partial charge < -0.3 is 5.32 Å². The fraction of sp³-hybridized carbons (Fsp3) is 0. The Kier molecular flexibility index (Phi) is 3.24. The number of benzene rings is 2. The molecule has 0 saturated carbocycles. The van der Waals surface area contributed by atoms with E-state index in [0.717, 1.165) is 25.9 Å². The summed E-state index contributed by atoms with van der Waals surface area (Å²) in [6, 6.07) is 13.2. The van der Waals surface area contributed by atoms with E-state index in [4.69, 9.17) is 0 Å². The number of fused-ring (bicyclic) bond motifs is 1. The molecule has 5 heteroatoms.